The van der Waals surface area contributed by atoms with E-state index in [2.05, 4.69) is 4.98 Å². The highest BCUT2D eigenvalue weighted by Crippen LogP contribution is 2.29. The van der Waals surface area contributed by atoms with Crippen molar-refractivity contribution in [1.29, 1.82) is 0 Å². The van der Waals surface area contributed by atoms with Crippen LogP contribution in [0.4, 0.5) is 5.82 Å². The minimum absolute atomic E-state index is 0.00641. The molecular weight excluding hydrogens is 326 g/mol. The molecule has 0 unspecified atom stereocenters. The molecule has 6 heteroatoms. The number of hydrogen-bond donors (Lipinski definition) is 1. The van der Waals surface area contributed by atoms with Crippen LogP contribution < -0.4 is 4.90 Å². The molecule has 3 aromatic rings. The fourth-order valence-corrected chi connectivity index (χ4v) is 3.30. The van der Waals surface area contributed by atoms with Gasteiger partial charge in [0.15, 0.2) is 5.82 Å². The number of fused-ring (bicyclic) bond motifs is 1. The van der Waals surface area contributed by atoms with Gasteiger partial charge in [-0.1, -0.05) is 30.3 Å². The molecular formula is C20H21N5O. The van der Waals surface area contributed by atoms with Crippen LogP contribution >= 0.6 is 0 Å². The summed E-state index contributed by atoms with van der Waals surface area (Å²) < 4.78 is 0. The first-order valence-corrected chi connectivity index (χ1v) is 8.68. The molecule has 1 aliphatic heterocycles. The topological polar surface area (TPSA) is 65.1 Å². The molecule has 0 fully saturated rings. The Hall–Kier alpha value is -3.15. The van der Waals surface area contributed by atoms with Crippen LogP contribution in [0.25, 0.3) is 11.4 Å². The lowest BCUT2D eigenvalue weighted by Gasteiger charge is -2.30. The van der Waals surface area contributed by atoms with Gasteiger partial charge in [0.1, 0.15) is 11.5 Å². The number of nitrogens with zero attached hydrogens (tertiary/aromatic N) is 4. The van der Waals surface area contributed by atoms with Gasteiger partial charge in [-0.25, -0.2) is 9.97 Å². The van der Waals surface area contributed by atoms with Gasteiger partial charge in [0.2, 0.25) is 0 Å². The number of H-pyrrole nitrogens is 1. The predicted octanol–water partition coefficient (Wildman–Crippen LogP) is 2.74. The highest BCUT2D eigenvalue weighted by Gasteiger charge is 2.27. The van der Waals surface area contributed by atoms with Gasteiger partial charge in [-0.2, -0.15) is 0 Å². The molecule has 0 bridgehead atoms. The van der Waals surface area contributed by atoms with Crippen LogP contribution in [-0.2, 0) is 13.0 Å². The lowest BCUT2D eigenvalue weighted by Crippen LogP contribution is -2.37. The first-order chi connectivity index (χ1) is 12.6. The summed E-state index contributed by atoms with van der Waals surface area (Å²) in [4.78, 5) is 29.1. The zero-order chi connectivity index (χ0) is 18.1. The van der Waals surface area contributed by atoms with Crippen molar-refractivity contribution in [3.8, 4) is 11.4 Å². The van der Waals surface area contributed by atoms with Crippen LogP contribution in [0, 0.1) is 0 Å². The summed E-state index contributed by atoms with van der Waals surface area (Å²) in [7, 11) is 3.99. The van der Waals surface area contributed by atoms with Gasteiger partial charge in [-0.15, -0.1) is 0 Å². The van der Waals surface area contributed by atoms with Crippen molar-refractivity contribution in [1.82, 2.24) is 19.9 Å². The van der Waals surface area contributed by atoms with Crippen molar-refractivity contribution < 1.29 is 4.79 Å². The second-order valence-electron chi connectivity index (χ2n) is 6.62. The SMILES string of the molecule is CN(C)c1nc(-c2ccccc2)nc2c1CCN(C(=O)c1ccc[nH]1)C2. The number of carbonyl (C=O) groups is 1. The van der Waals surface area contributed by atoms with Crippen LogP contribution in [-0.4, -0.2) is 46.4 Å². The molecule has 2 aromatic heterocycles. The van der Waals surface area contributed by atoms with Gasteiger partial charge in [0, 0.05) is 38.0 Å². The lowest BCUT2D eigenvalue weighted by atomic mass is 10.0. The maximum atomic E-state index is 12.7. The van der Waals surface area contributed by atoms with Crippen molar-refractivity contribution in [3.63, 3.8) is 0 Å². The van der Waals surface area contributed by atoms with Crippen LogP contribution in [0.5, 0.6) is 0 Å². The third-order valence-electron chi connectivity index (χ3n) is 4.61. The number of hydrogen-bond acceptors (Lipinski definition) is 4. The lowest BCUT2D eigenvalue weighted by molar-refractivity contribution is 0.0726. The van der Waals surface area contributed by atoms with E-state index in [9.17, 15) is 4.79 Å². The average molecular weight is 347 g/mol. The summed E-state index contributed by atoms with van der Waals surface area (Å²) in [6, 6.07) is 13.6. The summed E-state index contributed by atoms with van der Waals surface area (Å²) in [5.41, 5.74) is 3.64. The molecule has 0 aliphatic carbocycles. The van der Waals surface area contributed by atoms with Crippen molar-refractivity contribution in [2.24, 2.45) is 0 Å². The predicted molar refractivity (Wildman–Crippen MR) is 101 cm³/mol. The minimum Gasteiger partial charge on any atom is -0.362 e. The van der Waals surface area contributed by atoms with E-state index in [0.717, 1.165) is 29.1 Å². The van der Waals surface area contributed by atoms with E-state index in [4.69, 9.17) is 9.97 Å². The molecule has 4 rings (SSSR count). The molecule has 6 nitrogen and oxygen atoms in total. The third-order valence-corrected chi connectivity index (χ3v) is 4.61. The highest BCUT2D eigenvalue weighted by atomic mass is 16.2. The largest absolute Gasteiger partial charge is 0.362 e. The number of carbonyl (C=O) groups excluding carboxylic acids is 1. The molecule has 132 valence electrons. The Morgan fingerprint density at radius 3 is 2.62 bits per heavy atom. The second-order valence-corrected chi connectivity index (χ2v) is 6.62. The van der Waals surface area contributed by atoms with Crippen LogP contribution in [0.1, 0.15) is 21.7 Å². The monoisotopic (exact) mass is 347 g/mol. The van der Waals surface area contributed by atoms with E-state index < -0.39 is 0 Å². The summed E-state index contributed by atoms with van der Waals surface area (Å²) in [5, 5.41) is 0. The number of aromatic nitrogens is 3. The Morgan fingerprint density at radius 2 is 1.92 bits per heavy atom. The first kappa shape index (κ1) is 16.3. The van der Waals surface area contributed by atoms with Crippen LogP contribution in [0.15, 0.2) is 48.7 Å². The van der Waals surface area contributed by atoms with Crippen LogP contribution in [0.2, 0.25) is 0 Å². The number of amides is 1. The van der Waals surface area contributed by atoms with Gasteiger partial charge in [-0.3, -0.25) is 4.79 Å². The number of rotatable bonds is 3. The number of nitrogens with one attached hydrogen (secondary N) is 1. The summed E-state index contributed by atoms with van der Waals surface area (Å²) in [6.07, 6.45) is 2.52. The normalized spacial score (nSPS) is 13.4. The van der Waals surface area contributed by atoms with E-state index >= 15 is 0 Å². The Balaban J connectivity index is 1.73. The minimum atomic E-state index is 0.00641. The van der Waals surface area contributed by atoms with Crippen LogP contribution in [0.3, 0.4) is 0 Å². The van der Waals surface area contributed by atoms with Gasteiger partial charge in [0.05, 0.1) is 12.2 Å². The molecule has 0 spiro atoms. The maximum absolute atomic E-state index is 12.7. The standard InChI is InChI=1S/C20H21N5O/c1-24(2)19-15-10-12-25(20(26)16-9-6-11-21-16)13-17(15)22-18(23-19)14-7-4-3-5-8-14/h3-9,11,21H,10,12-13H2,1-2H3. The number of benzene rings is 1. The van der Waals surface area contributed by atoms with Gasteiger partial charge in [0.25, 0.3) is 5.91 Å². The Kier molecular flexibility index (Phi) is 4.16. The molecule has 26 heavy (non-hydrogen) atoms. The van der Waals surface area contributed by atoms with Gasteiger partial charge < -0.3 is 14.8 Å². The molecule has 0 saturated carbocycles. The van der Waals surface area contributed by atoms with E-state index in [-0.39, 0.29) is 5.91 Å². The molecule has 1 aromatic carbocycles. The molecule has 1 amide bonds. The highest BCUT2D eigenvalue weighted by molar-refractivity contribution is 5.92. The molecule has 0 radical (unpaired) electrons. The smallest absolute Gasteiger partial charge is 0.270 e. The third kappa shape index (κ3) is 2.94. The maximum Gasteiger partial charge on any atom is 0.270 e. The van der Waals surface area contributed by atoms with E-state index in [0.29, 0.717) is 24.6 Å². The van der Waals surface area contributed by atoms with Crippen molar-refractivity contribution in [2.45, 2.75) is 13.0 Å². The van der Waals surface area contributed by atoms with Gasteiger partial charge in [-0.05, 0) is 18.6 Å². The van der Waals surface area contributed by atoms with Crippen molar-refractivity contribution in [3.05, 3.63) is 65.6 Å². The van der Waals surface area contributed by atoms with E-state index in [1.165, 1.54) is 0 Å². The van der Waals surface area contributed by atoms with Gasteiger partial charge >= 0.3 is 0 Å². The molecule has 0 saturated heterocycles. The average Bonchev–Trinajstić information content (AvgIpc) is 3.21. The fraction of sp³-hybridized carbons (Fsp3) is 0.250. The quantitative estimate of drug-likeness (QED) is 0.791. The van der Waals surface area contributed by atoms with Crippen molar-refractivity contribution in [2.75, 3.05) is 25.5 Å². The molecule has 3 heterocycles. The molecule has 1 aliphatic rings. The van der Waals surface area contributed by atoms with Crippen molar-refractivity contribution >= 4 is 11.7 Å². The zero-order valence-electron chi connectivity index (χ0n) is 14.9. The number of aromatic amines is 1. The Morgan fingerprint density at radius 1 is 1.12 bits per heavy atom. The summed E-state index contributed by atoms with van der Waals surface area (Å²) in [5.74, 6) is 1.63. The van der Waals surface area contributed by atoms with E-state index in [1.807, 2.05) is 60.3 Å². The molecule has 0 atom stereocenters. The van der Waals surface area contributed by atoms with E-state index in [1.54, 1.807) is 12.3 Å². The second kappa shape index (κ2) is 6.63. The fourth-order valence-electron chi connectivity index (χ4n) is 3.30. The molecule has 1 N–H and O–H groups in total. The zero-order valence-corrected chi connectivity index (χ0v) is 14.9. The Bertz CT molecular complexity index is 919. The number of anilines is 1. The Labute approximate surface area is 152 Å². The first-order valence-electron chi connectivity index (χ1n) is 8.68. The summed E-state index contributed by atoms with van der Waals surface area (Å²) >= 11 is 0. The summed E-state index contributed by atoms with van der Waals surface area (Å²) in [6.45, 7) is 1.16.